The Kier molecular flexibility index (Phi) is 11.3. The van der Waals surface area contributed by atoms with Crippen molar-refractivity contribution < 1.29 is 24.0 Å². The van der Waals surface area contributed by atoms with Crippen LogP contribution in [0, 0.1) is 10.1 Å². The number of nitrogens with zero attached hydrogens (tertiary/aromatic N) is 2. The average Bonchev–Trinajstić information content (AvgIpc) is 3.04. The van der Waals surface area contributed by atoms with Crippen molar-refractivity contribution in [2.45, 2.75) is 18.4 Å². The molecule has 0 saturated heterocycles. The predicted molar refractivity (Wildman–Crippen MR) is 166 cm³/mol. The highest BCUT2D eigenvalue weighted by molar-refractivity contribution is 7.98. The van der Waals surface area contributed by atoms with E-state index in [4.69, 9.17) is 9.47 Å². The Hall–Kier alpha value is -5.16. The smallest absolute Gasteiger partial charge is 0.269 e. The quantitative estimate of drug-likeness (QED) is 0.113. The van der Waals surface area contributed by atoms with Crippen molar-refractivity contribution >= 4 is 35.5 Å². The fourth-order valence-corrected chi connectivity index (χ4v) is 4.91. The Balaban J connectivity index is 1.39. The number of ether oxygens (including phenoxy) is 2. The molecule has 1 atom stereocenters. The van der Waals surface area contributed by atoms with Crippen LogP contribution in [0.5, 0.6) is 11.5 Å². The summed E-state index contributed by atoms with van der Waals surface area (Å²) in [5.41, 5.74) is 5.33. The molecule has 2 N–H and O–H groups in total. The molecule has 10 nitrogen and oxygen atoms in total. The van der Waals surface area contributed by atoms with E-state index in [0.29, 0.717) is 29.4 Å². The number of non-ortho nitro benzene ring substituents is 1. The largest absolute Gasteiger partial charge is 0.493 e. The van der Waals surface area contributed by atoms with Gasteiger partial charge in [-0.1, -0.05) is 60.7 Å². The van der Waals surface area contributed by atoms with Crippen LogP contribution in [-0.2, 0) is 17.2 Å². The third-order valence-corrected chi connectivity index (χ3v) is 7.28. The summed E-state index contributed by atoms with van der Waals surface area (Å²) in [7, 11) is 1.54. The van der Waals surface area contributed by atoms with Gasteiger partial charge in [0.15, 0.2) is 11.5 Å². The monoisotopic (exact) mass is 598 g/mol. The Morgan fingerprint density at radius 3 is 2.26 bits per heavy atom. The summed E-state index contributed by atoms with van der Waals surface area (Å²) in [5.74, 6) is 0.946. The van der Waals surface area contributed by atoms with Crippen LogP contribution < -0.4 is 20.2 Å². The molecule has 0 aliphatic carbocycles. The number of rotatable bonds is 14. The molecule has 0 heterocycles. The van der Waals surface area contributed by atoms with Gasteiger partial charge in [0.25, 0.3) is 17.5 Å². The standard InChI is InChI=1S/C32H30N4O6S/c1-41-30-18-25(12-17-29(30)42-20-23-8-4-2-5-9-23)19-33-35-32(38)28(22-43-21-24-10-6-3-7-11-24)34-31(37)26-13-15-27(16-14-26)36(39)40/h2-19,28H,20-22H2,1H3,(H,34,37)(H,35,38)/b33-19+. The van der Waals surface area contributed by atoms with Gasteiger partial charge in [-0.25, -0.2) is 5.43 Å². The minimum absolute atomic E-state index is 0.133. The molecule has 0 aliphatic heterocycles. The van der Waals surface area contributed by atoms with Crippen LogP contribution in [0.15, 0.2) is 108 Å². The molecule has 0 fully saturated rings. The first kappa shape index (κ1) is 30.8. The highest BCUT2D eigenvalue weighted by atomic mass is 32.2. The van der Waals surface area contributed by atoms with Crippen molar-refractivity contribution in [1.29, 1.82) is 0 Å². The lowest BCUT2D eigenvalue weighted by atomic mass is 10.2. The maximum absolute atomic E-state index is 13.1. The van der Waals surface area contributed by atoms with Crippen LogP contribution in [-0.4, -0.2) is 41.9 Å². The lowest BCUT2D eigenvalue weighted by Gasteiger charge is -2.17. The van der Waals surface area contributed by atoms with Gasteiger partial charge in [0, 0.05) is 29.2 Å². The Labute approximate surface area is 253 Å². The average molecular weight is 599 g/mol. The second-order valence-corrected chi connectivity index (χ2v) is 10.3. The van der Waals surface area contributed by atoms with Gasteiger partial charge in [0.05, 0.1) is 18.2 Å². The number of thioether (sulfide) groups is 1. The first-order valence-electron chi connectivity index (χ1n) is 13.3. The minimum Gasteiger partial charge on any atom is -0.493 e. The van der Waals surface area contributed by atoms with Crippen LogP contribution in [0.4, 0.5) is 5.69 Å². The van der Waals surface area contributed by atoms with Crippen LogP contribution >= 0.6 is 11.8 Å². The number of carbonyl (C=O) groups is 2. The molecule has 43 heavy (non-hydrogen) atoms. The lowest BCUT2D eigenvalue weighted by molar-refractivity contribution is -0.384. The number of nitro groups is 1. The van der Waals surface area contributed by atoms with Gasteiger partial charge >= 0.3 is 0 Å². The van der Waals surface area contributed by atoms with Crippen molar-refractivity contribution in [3.05, 3.63) is 135 Å². The molecule has 0 spiro atoms. The maximum atomic E-state index is 13.1. The molecule has 4 aromatic rings. The van der Waals surface area contributed by atoms with E-state index in [-0.39, 0.29) is 17.0 Å². The second-order valence-electron chi connectivity index (χ2n) is 9.25. The first-order valence-corrected chi connectivity index (χ1v) is 14.4. The van der Waals surface area contributed by atoms with Gasteiger partial charge < -0.3 is 14.8 Å². The fraction of sp³-hybridized carbons (Fsp3) is 0.156. The molecule has 0 aliphatic rings. The highest BCUT2D eigenvalue weighted by Gasteiger charge is 2.22. The van der Waals surface area contributed by atoms with Gasteiger partial charge in [-0.2, -0.15) is 16.9 Å². The normalized spacial score (nSPS) is 11.5. The molecule has 1 unspecified atom stereocenters. The van der Waals surface area contributed by atoms with Gasteiger partial charge in [-0.05, 0) is 47.0 Å². The molecule has 0 radical (unpaired) electrons. The summed E-state index contributed by atoms with van der Waals surface area (Å²) in [6, 6.07) is 29.0. The number of benzene rings is 4. The van der Waals surface area contributed by atoms with Gasteiger partial charge in [0.1, 0.15) is 12.6 Å². The van der Waals surface area contributed by atoms with E-state index in [9.17, 15) is 19.7 Å². The zero-order valence-corrected chi connectivity index (χ0v) is 24.2. The SMILES string of the molecule is COc1cc(/C=N/NC(=O)C(CSCc2ccccc2)NC(=O)c2ccc([N+](=O)[O-])cc2)ccc1OCc1ccccc1. The summed E-state index contributed by atoms with van der Waals surface area (Å²) < 4.78 is 11.4. The topological polar surface area (TPSA) is 132 Å². The van der Waals surface area contributed by atoms with Crippen LogP contribution in [0.2, 0.25) is 0 Å². The number of amides is 2. The summed E-state index contributed by atoms with van der Waals surface area (Å²) in [5, 5.41) is 17.7. The van der Waals surface area contributed by atoms with E-state index >= 15 is 0 Å². The number of hydrazone groups is 1. The molecule has 0 aromatic heterocycles. The van der Waals surface area contributed by atoms with Crippen molar-refractivity contribution in [1.82, 2.24) is 10.7 Å². The number of hydrogen-bond donors (Lipinski definition) is 2. The fourth-order valence-electron chi connectivity index (χ4n) is 3.90. The predicted octanol–water partition coefficient (Wildman–Crippen LogP) is 5.36. The minimum atomic E-state index is -0.920. The van der Waals surface area contributed by atoms with E-state index in [1.165, 1.54) is 42.2 Å². The van der Waals surface area contributed by atoms with Crippen molar-refractivity contribution in [3.8, 4) is 11.5 Å². The number of methoxy groups -OCH3 is 1. The molecular formula is C32H30N4O6S. The van der Waals surface area contributed by atoms with Gasteiger partial charge in [-0.15, -0.1) is 0 Å². The van der Waals surface area contributed by atoms with Crippen LogP contribution in [0.25, 0.3) is 0 Å². The third-order valence-electron chi connectivity index (χ3n) is 6.17. The zero-order chi connectivity index (χ0) is 30.4. The molecule has 11 heteroatoms. The Morgan fingerprint density at radius 2 is 1.60 bits per heavy atom. The van der Waals surface area contributed by atoms with E-state index < -0.39 is 22.8 Å². The third kappa shape index (κ3) is 9.44. The molecule has 0 saturated carbocycles. The molecule has 4 aromatic carbocycles. The Bertz CT molecular complexity index is 1550. The first-order chi connectivity index (χ1) is 20.9. The molecular weight excluding hydrogens is 568 g/mol. The van der Waals surface area contributed by atoms with Crippen molar-refractivity contribution in [2.24, 2.45) is 5.10 Å². The van der Waals surface area contributed by atoms with E-state index in [1.54, 1.807) is 25.3 Å². The number of nitrogens with one attached hydrogen (secondary N) is 2. The summed E-state index contributed by atoms with van der Waals surface area (Å²) >= 11 is 1.48. The van der Waals surface area contributed by atoms with Crippen LogP contribution in [0.1, 0.15) is 27.0 Å². The molecule has 220 valence electrons. The molecule has 4 rings (SSSR count). The number of nitro benzene ring substituents is 1. The van der Waals surface area contributed by atoms with Gasteiger partial charge in [0.2, 0.25) is 0 Å². The zero-order valence-electron chi connectivity index (χ0n) is 23.3. The van der Waals surface area contributed by atoms with Crippen molar-refractivity contribution in [3.63, 3.8) is 0 Å². The number of carbonyl (C=O) groups excluding carboxylic acids is 2. The number of hydrogen-bond acceptors (Lipinski definition) is 8. The lowest BCUT2D eigenvalue weighted by Crippen LogP contribution is -2.47. The van der Waals surface area contributed by atoms with E-state index in [2.05, 4.69) is 15.8 Å². The summed E-state index contributed by atoms with van der Waals surface area (Å²) in [4.78, 5) is 36.4. The second kappa shape index (κ2) is 15.7. The Morgan fingerprint density at radius 1 is 0.930 bits per heavy atom. The molecule has 0 bridgehead atoms. The van der Waals surface area contributed by atoms with E-state index in [0.717, 1.165) is 11.1 Å². The summed E-state index contributed by atoms with van der Waals surface area (Å²) in [6.45, 7) is 0.385. The maximum Gasteiger partial charge on any atom is 0.269 e. The molecule has 2 amide bonds. The summed E-state index contributed by atoms with van der Waals surface area (Å²) in [6.07, 6.45) is 1.47. The van der Waals surface area contributed by atoms with Crippen molar-refractivity contribution in [2.75, 3.05) is 12.9 Å². The van der Waals surface area contributed by atoms with Crippen LogP contribution in [0.3, 0.4) is 0 Å². The van der Waals surface area contributed by atoms with Gasteiger partial charge in [-0.3, -0.25) is 19.7 Å². The van der Waals surface area contributed by atoms with E-state index in [1.807, 2.05) is 60.7 Å². The highest BCUT2D eigenvalue weighted by Crippen LogP contribution is 2.28.